The number of fused-ring (bicyclic) bond motifs is 1. The second kappa shape index (κ2) is 6.03. The van der Waals surface area contributed by atoms with E-state index in [-0.39, 0.29) is 5.60 Å². The van der Waals surface area contributed by atoms with Gasteiger partial charge in [0.2, 0.25) is 0 Å². The van der Waals surface area contributed by atoms with E-state index in [1.54, 1.807) is 7.11 Å². The van der Waals surface area contributed by atoms with Crippen molar-refractivity contribution < 1.29 is 9.47 Å². The van der Waals surface area contributed by atoms with Gasteiger partial charge in [-0.2, -0.15) is 0 Å². The lowest BCUT2D eigenvalue weighted by atomic mass is 10.0. The molecule has 1 aliphatic carbocycles. The quantitative estimate of drug-likeness (QED) is 0.654. The minimum Gasteiger partial charge on any atom is -0.378 e. The number of rotatable bonds is 4. The molecule has 0 spiro atoms. The van der Waals surface area contributed by atoms with E-state index < -0.39 is 0 Å². The number of nitrogens with one attached hydrogen (secondary N) is 1. The summed E-state index contributed by atoms with van der Waals surface area (Å²) in [6.07, 6.45) is 4.46. The van der Waals surface area contributed by atoms with Crippen molar-refractivity contribution in [1.29, 1.82) is 0 Å². The molecule has 5 nitrogen and oxygen atoms in total. The van der Waals surface area contributed by atoms with Crippen LogP contribution in [0.2, 0.25) is 0 Å². The summed E-state index contributed by atoms with van der Waals surface area (Å²) in [5.41, 5.74) is 9.55. The van der Waals surface area contributed by atoms with Gasteiger partial charge in [0.15, 0.2) is 5.96 Å². The Morgan fingerprint density at radius 2 is 2.29 bits per heavy atom. The van der Waals surface area contributed by atoms with E-state index in [0.29, 0.717) is 19.1 Å². The van der Waals surface area contributed by atoms with Gasteiger partial charge >= 0.3 is 0 Å². The van der Waals surface area contributed by atoms with Crippen molar-refractivity contribution in [3.05, 3.63) is 29.3 Å². The Balaban J connectivity index is 1.63. The van der Waals surface area contributed by atoms with Crippen molar-refractivity contribution in [2.75, 3.05) is 32.2 Å². The molecule has 1 atom stereocenters. The molecule has 1 aromatic carbocycles. The molecule has 5 heteroatoms. The molecule has 1 heterocycles. The number of nitrogens with two attached hydrogens (primary N) is 1. The summed E-state index contributed by atoms with van der Waals surface area (Å²) in [7, 11) is 1.70. The minimum atomic E-state index is -0.315. The summed E-state index contributed by atoms with van der Waals surface area (Å²) in [6, 6.07) is 6.42. The summed E-state index contributed by atoms with van der Waals surface area (Å²) in [5.74, 6) is 0.427. The van der Waals surface area contributed by atoms with Gasteiger partial charge in [-0.1, -0.05) is 6.07 Å². The monoisotopic (exact) mass is 289 g/mol. The predicted molar refractivity (Wildman–Crippen MR) is 83.8 cm³/mol. The Morgan fingerprint density at radius 3 is 3.05 bits per heavy atom. The third-order valence-electron chi connectivity index (χ3n) is 4.41. The standard InChI is InChI=1S/C16H23N3O2/c1-20-16(7-8-21-11-16)10-18-15(17)19-14-6-5-12-3-2-4-13(12)9-14/h5-6,9H,2-4,7-8,10-11H2,1H3,(H3,17,18,19). The highest BCUT2D eigenvalue weighted by atomic mass is 16.5. The van der Waals surface area contributed by atoms with E-state index in [4.69, 9.17) is 15.2 Å². The molecular weight excluding hydrogens is 266 g/mol. The maximum absolute atomic E-state index is 5.99. The predicted octanol–water partition coefficient (Wildman–Crippen LogP) is 1.71. The van der Waals surface area contributed by atoms with Gasteiger partial charge in [-0.25, -0.2) is 0 Å². The zero-order chi connectivity index (χ0) is 14.7. The number of aliphatic imine (C=N–C) groups is 1. The van der Waals surface area contributed by atoms with Gasteiger partial charge in [0.05, 0.1) is 13.2 Å². The van der Waals surface area contributed by atoms with Crippen molar-refractivity contribution in [3.63, 3.8) is 0 Å². The first kappa shape index (κ1) is 14.4. The van der Waals surface area contributed by atoms with Crippen LogP contribution >= 0.6 is 0 Å². The van der Waals surface area contributed by atoms with Crippen LogP contribution in [0.5, 0.6) is 0 Å². The van der Waals surface area contributed by atoms with Gasteiger partial charge in [0.25, 0.3) is 0 Å². The summed E-state index contributed by atoms with van der Waals surface area (Å²) in [6.45, 7) is 1.83. The normalized spacial score (nSPS) is 25.1. The molecule has 1 fully saturated rings. The fraction of sp³-hybridized carbons (Fsp3) is 0.562. The molecule has 0 saturated carbocycles. The first-order chi connectivity index (χ1) is 10.2. The Bertz CT molecular complexity index is 536. The van der Waals surface area contributed by atoms with E-state index in [1.165, 1.54) is 24.0 Å². The third kappa shape index (κ3) is 3.19. The molecule has 1 aliphatic heterocycles. The molecule has 0 amide bonds. The van der Waals surface area contributed by atoms with Gasteiger partial charge in [-0.05, 0) is 42.5 Å². The van der Waals surface area contributed by atoms with E-state index in [9.17, 15) is 0 Å². The van der Waals surface area contributed by atoms with Crippen molar-refractivity contribution in [2.45, 2.75) is 31.3 Å². The van der Waals surface area contributed by atoms with Gasteiger partial charge < -0.3 is 20.5 Å². The average molecular weight is 289 g/mol. The second-order valence-electron chi connectivity index (χ2n) is 5.85. The van der Waals surface area contributed by atoms with Crippen LogP contribution in [0.25, 0.3) is 0 Å². The topological polar surface area (TPSA) is 68.9 Å². The van der Waals surface area contributed by atoms with Gasteiger partial charge in [-0.3, -0.25) is 4.99 Å². The van der Waals surface area contributed by atoms with E-state index in [2.05, 4.69) is 28.5 Å². The zero-order valence-corrected chi connectivity index (χ0v) is 12.5. The molecule has 0 radical (unpaired) electrons. The largest absolute Gasteiger partial charge is 0.378 e. The maximum atomic E-state index is 5.99. The lowest BCUT2D eigenvalue weighted by Crippen LogP contribution is -2.37. The summed E-state index contributed by atoms with van der Waals surface area (Å²) in [5, 5.41) is 3.17. The Kier molecular flexibility index (Phi) is 4.12. The number of aryl methyl sites for hydroxylation is 2. The highest BCUT2D eigenvalue weighted by Crippen LogP contribution is 2.25. The SMILES string of the molecule is COC1(CN=C(N)Nc2ccc3c(c2)CCC3)CCOC1. The van der Waals surface area contributed by atoms with Crippen molar-refractivity contribution in [2.24, 2.45) is 10.7 Å². The molecule has 21 heavy (non-hydrogen) atoms. The number of benzene rings is 1. The number of hydrogen-bond acceptors (Lipinski definition) is 3. The second-order valence-corrected chi connectivity index (χ2v) is 5.85. The fourth-order valence-electron chi connectivity index (χ4n) is 3.00. The van der Waals surface area contributed by atoms with Crippen LogP contribution in [0.1, 0.15) is 24.0 Å². The maximum Gasteiger partial charge on any atom is 0.193 e. The van der Waals surface area contributed by atoms with Crippen LogP contribution < -0.4 is 11.1 Å². The van der Waals surface area contributed by atoms with Crippen LogP contribution in [0.3, 0.4) is 0 Å². The molecule has 1 unspecified atom stereocenters. The van der Waals surface area contributed by atoms with Crippen LogP contribution in [0, 0.1) is 0 Å². The van der Waals surface area contributed by atoms with Crippen LogP contribution in [-0.4, -0.2) is 38.4 Å². The molecule has 2 aliphatic rings. The molecule has 1 saturated heterocycles. The number of guanidine groups is 1. The first-order valence-electron chi connectivity index (χ1n) is 7.52. The average Bonchev–Trinajstić information content (AvgIpc) is 3.14. The molecular formula is C16H23N3O2. The Hall–Kier alpha value is -1.59. The highest BCUT2D eigenvalue weighted by Gasteiger charge is 2.34. The first-order valence-corrected chi connectivity index (χ1v) is 7.52. The van der Waals surface area contributed by atoms with Crippen LogP contribution in [0.15, 0.2) is 23.2 Å². The van der Waals surface area contributed by atoms with Gasteiger partial charge in [0.1, 0.15) is 5.60 Å². The summed E-state index contributed by atoms with van der Waals surface area (Å²) >= 11 is 0. The molecule has 0 bridgehead atoms. The zero-order valence-electron chi connectivity index (χ0n) is 12.5. The molecule has 0 aromatic heterocycles. The highest BCUT2D eigenvalue weighted by molar-refractivity contribution is 5.92. The van der Waals surface area contributed by atoms with E-state index in [0.717, 1.165) is 25.1 Å². The van der Waals surface area contributed by atoms with Crippen molar-refractivity contribution >= 4 is 11.6 Å². The lowest BCUT2D eigenvalue weighted by Gasteiger charge is -2.23. The molecule has 1 aromatic rings. The van der Waals surface area contributed by atoms with E-state index >= 15 is 0 Å². The Morgan fingerprint density at radius 1 is 1.43 bits per heavy atom. The summed E-state index contributed by atoms with van der Waals surface area (Å²) < 4.78 is 10.9. The molecule has 3 N–H and O–H groups in total. The van der Waals surface area contributed by atoms with Crippen molar-refractivity contribution in [3.8, 4) is 0 Å². The van der Waals surface area contributed by atoms with Crippen molar-refractivity contribution in [1.82, 2.24) is 0 Å². The Labute approximate surface area is 125 Å². The van der Waals surface area contributed by atoms with Gasteiger partial charge in [-0.15, -0.1) is 0 Å². The lowest BCUT2D eigenvalue weighted by molar-refractivity contribution is -0.00900. The fourth-order valence-corrected chi connectivity index (χ4v) is 3.00. The third-order valence-corrected chi connectivity index (χ3v) is 4.41. The van der Waals surface area contributed by atoms with Crippen LogP contribution in [-0.2, 0) is 22.3 Å². The summed E-state index contributed by atoms with van der Waals surface area (Å²) in [4.78, 5) is 4.42. The minimum absolute atomic E-state index is 0.315. The number of anilines is 1. The number of methoxy groups -OCH3 is 1. The molecule has 114 valence electrons. The van der Waals surface area contributed by atoms with E-state index in [1.807, 2.05) is 0 Å². The number of ether oxygens (including phenoxy) is 2. The van der Waals surface area contributed by atoms with Gasteiger partial charge in [0, 0.05) is 25.8 Å². The smallest absolute Gasteiger partial charge is 0.193 e. The molecule has 3 rings (SSSR count). The number of hydrogen-bond donors (Lipinski definition) is 2. The number of nitrogens with zero attached hydrogens (tertiary/aromatic N) is 1. The van der Waals surface area contributed by atoms with Crippen LogP contribution in [0.4, 0.5) is 5.69 Å².